The fourth-order valence-corrected chi connectivity index (χ4v) is 3.30. The van der Waals surface area contributed by atoms with Crippen LogP contribution in [-0.2, 0) is 26.4 Å². The van der Waals surface area contributed by atoms with Crippen LogP contribution in [0.3, 0.4) is 0 Å². The van der Waals surface area contributed by atoms with Crippen molar-refractivity contribution in [1.82, 2.24) is 0 Å². The van der Waals surface area contributed by atoms with E-state index in [0.717, 1.165) is 16.7 Å². The zero-order valence-corrected chi connectivity index (χ0v) is 17.8. The van der Waals surface area contributed by atoms with Crippen LogP contribution < -0.4 is 14.2 Å². The van der Waals surface area contributed by atoms with Gasteiger partial charge in [-0.1, -0.05) is 91.0 Å². The lowest BCUT2D eigenvalue weighted by Crippen LogP contribution is -2.05. The molecule has 4 rings (SSSR count). The summed E-state index contributed by atoms with van der Waals surface area (Å²) in [5, 5.41) is 10.1. The Kier molecular flexibility index (Phi) is 7.40. The standard InChI is InChI=1S/C28H26O4/c29-18-26-27(31-20-23-12-6-2-7-13-23)16-25(30-19-22-10-4-1-5-11-22)17-28(26)32-21-24-14-8-3-9-15-24/h1-17,29H,18-21H2. The monoisotopic (exact) mass is 426 g/mol. The molecule has 0 unspecified atom stereocenters. The van der Waals surface area contributed by atoms with E-state index in [1.165, 1.54) is 0 Å². The third-order valence-corrected chi connectivity index (χ3v) is 5.02. The van der Waals surface area contributed by atoms with E-state index >= 15 is 0 Å². The van der Waals surface area contributed by atoms with E-state index in [-0.39, 0.29) is 6.61 Å². The van der Waals surface area contributed by atoms with Crippen LogP contribution in [0.25, 0.3) is 0 Å². The summed E-state index contributed by atoms with van der Waals surface area (Å²) in [5.74, 6) is 1.71. The highest BCUT2D eigenvalue weighted by Crippen LogP contribution is 2.36. The van der Waals surface area contributed by atoms with Gasteiger partial charge < -0.3 is 19.3 Å². The van der Waals surface area contributed by atoms with Gasteiger partial charge in [0.1, 0.15) is 37.1 Å². The lowest BCUT2D eigenvalue weighted by molar-refractivity contribution is 0.236. The van der Waals surface area contributed by atoms with Gasteiger partial charge in [0.2, 0.25) is 0 Å². The number of hydrogen-bond acceptors (Lipinski definition) is 4. The molecule has 0 saturated heterocycles. The highest BCUT2D eigenvalue weighted by molar-refractivity contribution is 5.50. The van der Waals surface area contributed by atoms with Gasteiger partial charge in [0.25, 0.3) is 0 Å². The Morgan fingerprint density at radius 1 is 0.500 bits per heavy atom. The quantitative estimate of drug-likeness (QED) is 0.342. The van der Waals surface area contributed by atoms with E-state index in [1.807, 2.05) is 103 Å². The first-order chi connectivity index (χ1) is 15.8. The van der Waals surface area contributed by atoms with Crippen LogP contribution in [0.2, 0.25) is 0 Å². The number of aliphatic hydroxyl groups excluding tert-OH is 1. The summed E-state index contributed by atoms with van der Waals surface area (Å²) < 4.78 is 18.2. The van der Waals surface area contributed by atoms with Crippen LogP contribution in [0.1, 0.15) is 22.3 Å². The van der Waals surface area contributed by atoms with Crippen molar-refractivity contribution in [3.05, 3.63) is 125 Å². The normalized spacial score (nSPS) is 10.5. The first-order valence-corrected chi connectivity index (χ1v) is 10.6. The fourth-order valence-electron chi connectivity index (χ4n) is 3.30. The van der Waals surface area contributed by atoms with Crippen LogP contribution in [0.15, 0.2) is 103 Å². The lowest BCUT2D eigenvalue weighted by atomic mass is 10.1. The van der Waals surface area contributed by atoms with Crippen molar-refractivity contribution in [2.75, 3.05) is 0 Å². The van der Waals surface area contributed by atoms with E-state index in [0.29, 0.717) is 42.6 Å². The molecular weight excluding hydrogens is 400 g/mol. The molecule has 1 N–H and O–H groups in total. The van der Waals surface area contributed by atoms with E-state index in [1.54, 1.807) is 0 Å². The molecular formula is C28H26O4. The smallest absolute Gasteiger partial charge is 0.132 e. The van der Waals surface area contributed by atoms with Crippen LogP contribution in [0, 0.1) is 0 Å². The largest absolute Gasteiger partial charge is 0.489 e. The zero-order valence-electron chi connectivity index (χ0n) is 17.8. The highest BCUT2D eigenvalue weighted by Gasteiger charge is 2.15. The predicted octanol–water partition coefficient (Wildman–Crippen LogP) is 5.92. The van der Waals surface area contributed by atoms with Crippen molar-refractivity contribution >= 4 is 0 Å². The summed E-state index contributed by atoms with van der Waals surface area (Å²) in [6, 6.07) is 33.4. The maximum absolute atomic E-state index is 10.1. The molecule has 0 bridgehead atoms. The van der Waals surface area contributed by atoms with Crippen molar-refractivity contribution in [2.45, 2.75) is 26.4 Å². The van der Waals surface area contributed by atoms with Crippen LogP contribution in [-0.4, -0.2) is 5.11 Å². The second-order valence-electron chi connectivity index (χ2n) is 7.38. The van der Waals surface area contributed by atoms with Gasteiger partial charge in [-0.05, 0) is 16.7 Å². The topological polar surface area (TPSA) is 47.9 Å². The molecule has 0 radical (unpaired) electrons. The van der Waals surface area contributed by atoms with Gasteiger partial charge in [-0.15, -0.1) is 0 Å². The molecule has 0 aliphatic rings. The molecule has 0 atom stereocenters. The molecule has 0 fully saturated rings. The number of rotatable bonds is 10. The fraction of sp³-hybridized carbons (Fsp3) is 0.143. The maximum atomic E-state index is 10.1. The minimum absolute atomic E-state index is 0.201. The highest BCUT2D eigenvalue weighted by atomic mass is 16.5. The van der Waals surface area contributed by atoms with E-state index in [9.17, 15) is 5.11 Å². The Morgan fingerprint density at radius 2 is 0.875 bits per heavy atom. The Balaban J connectivity index is 1.57. The average molecular weight is 427 g/mol. The SMILES string of the molecule is OCc1c(OCc2ccccc2)cc(OCc2ccccc2)cc1OCc1ccccc1. The van der Waals surface area contributed by atoms with Gasteiger partial charge in [0.05, 0.1) is 12.2 Å². The van der Waals surface area contributed by atoms with Crippen molar-refractivity contribution in [1.29, 1.82) is 0 Å². The van der Waals surface area contributed by atoms with Crippen molar-refractivity contribution < 1.29 is 19.3 Å². The molecule has 4 nitrogen and oxygen atoms in total. The molecule has 0 saturated carbocycles. The molecule has 162 valence electrons. The maximum Gasteiger partial charge on any atom is 0.132 e. The minimum Gasteiger partial charge on any atom is -0.489 e. The second-order valence-corrected chi connectivity index (χ2v) is 7.38. The summed E-state index contributed by atoms with van der Waals surface area (Å²) in [6.07, 6.45) is 0. The Hall–Kier alpha value is -3.76. The lowest BCUT2D eigenvalue weighted by Gasteiger charge is -2.18. The molecule has 0 aliphatic carbocycles. The molecule has 4 heteroatoms. The first-order valence-electron chi connectivity index (χ1n) is 10.6. The summed E-state index contributed by atoms with van der Waals surface area (Å²) in [4.78, 5) is 0. The van der Waals surface area contributed by atoms with Crippen molar-refractivity contribution in [2.24, 2.45) is 0 Å². The van der Waals surface area contributed by atoms with Crippen molar-refractivity contribution in [3.8, 4) is 17.2 Å². The molecule has 0 spiro atoms. The molecule has 0 aromatic heterocycles. The van der Waals surface area contributed by atoms with Gasteiger partial charge in [-0.3, -0.25) is 0 Å². The van der Waals surface area contributed by atoms with E-state index in [2.05, 4.69) is 0 Å². The number of benzene rings is 4. The van der Waals surface area contributed by atoms with Crippen LogP contribution in [0.5, 0.6) is 17.2 Å². The zero-order chi connectivity index (χ0) is 22.0. The van der Waals surface area contributed by atoms with E-state index in [4.69, 9.17) is 14.2 Å². The molecule has 32 heavy (non-hydrogen) atoms. The Bertz CT molecular complexity index is 1030. The second kappa shape index (κ2) is 11.0. The summed E-state index contributed by atoms with van der Waals surface area (Å²) in [5.41, 5.74) is 3.75. The van der Waals surface area contributed by atoms with E-state index < -0.39 is 0 Å². The Labute approximate surface area is 188 Å². The third kappa shape index (κ3) is 5.90. The van der Waals surface area contributed by atoms with Crippen LogP contribution >= 0.6 is 0 Å². The Morgan fingerprint density at radius 3 is 1.25 bits per heavy atom. The van der Waals surface area contributed by atoms with Gasteiger partial charge in [0, 0.05) is 12.1 Å². The number of ether oxygens (including phenoxy) is 3. The molecule has 0 amide bonds. The van der Waals surface area contributed by atoms with Crippen LogP contribution in [0.4, 0.5) is 0 Å². The molecule has 4 aromatic rings. The molecule has 4 aromatic carbocycles. The van der Waals surface area contributed by atoms with Gasteiger partial charge in [-0.25, -0.2) is 0 Å². The summed E-state index contributed by atoms with van der Waals surface area (Å²) in [6.45, 7) is 0.991. The minimum atomic E-state index is -0.201. The van der Waals surface area contributed by atoms with Crippen molar-refractivity contribution in [3.63, 3.8) is 0 Å². The number of hydrogen-bond donors (Lipinski definition) is 1. The first kappa shape index (κ1) is 21.5. The van der Waals surface area contributed by atoms with Gasteiger partial charge in [-0.2, -0.15) is 0 Å². The molecule has 0 aliphatic heterocycles. The average Bonchev–Trinajstić information content (AvgIpc) is 2.86. The molecule has 0 heterocycles. The third-order valence-electron chi connectivity index (χ3n) is 5.02. The summed E-state index contributed by atoms with van der Waals surface area (Å²) in [7, 11) is 0. The summed E-state index contributed by atoms with van der Waals surface area (Å²) >= 11 is 0. The van der Waals surface area contributed by atoms with Gasteiger partial charge >= 0.3 is 0 Å². The number of aliphatic hydroxyl groups is 1. The predicted molar refractivity (Wildman–Crippen MR) is 125 cm³/mol. The van der Waals surface area contributed by atoms with Gasteiger partial charge in [0.15, 0.2) is 0 Å².